The number of aliphatic imine (C=N–C) groups is 1. The molecule has 0 radical (unpaired) electrons. The average molecular weight is 216 g/mol. The molecule has 1 unspecified atom stereocenters. The summed E-state index contributed by atoms with van der Waals surface area (Å²) in [5, 5.41) is 7.69. The fourth-order valence-corrected chi connectivity index (χ4v) is 1.73. The van der Waals surface area contributed by atoms with E-state index in [0.29, 0.717) is 11.5 Å². The largest absolute Gasteiger partial charge is 0.366 e. The fourth-order valence-electron chi connectivity index (χ4n) is 1.73. The number of imide groups is 1. The molecule has 3 N–H and O–H groups in total. The number of carbonyl (C=O) groups excluding carboxylic acids is 2. The molecule has 0 spiro atoms. The van der Waals surface area contributed by atoms with Crippen molar-refractivity contribution in [1.29, 1.82) is 0 Å². The molecule has 0 saturated carbocycles. The maximum Gasteiger partial charge on any atom is 0.326 e. The van der Waals surface area contributed by atoms with E-state index < -0.39 is 18.0 Å². The fraction of sp³-hybridized carbons (Fsp3) is 0.100. The Bertz CT molecular complexity index is 523. The van der Waals surface area contributed by atoms with Gasteiger partial charge in [0.1, 0.15) is 5.84 Å². The quantitative estimate of drug-likeness (QED) is 0.585. The Labute approximate surface area is 90.7 Å². The van der Waals surface area contributed by atoms with Gasteiger partial charge in [0.2, 0.25) is 0 Å². The van der Waals surface area contributed by atoms with Crippen LogP contribution in [0, 0.1) is 0 Å². The molecule has 2 aliphatic rings. The van der Waals surface area contributed by atoms with Crippen LogP contribution >= 0.6 is 0 Å². The molecule has 0 aromatic heterocycles. The number of para-hydroxylation sites is 2. The minimum absolute atomic E-state index is 0.340. The zero-order valence-electron chi connectivity index (χ0n) is 8.15. The third-order valence-corrected chi connectivity index (χ3v) is 2.46. The molecule has 2 heterocycles. The lowest BCUT2D eigenvalue weighted by Gasteiger charge is -2.29. The van der Waals surface area contributed by atoms with Gasteiger partial charge < -0.3 is 5.32 Å². The molecule has 0 bridgehead atoms. The highest BCUT2D eigenvalue weighted by atomic mass is 16.2. The Kier molecular flexibility index (Phi) is 1.70. The normalized spacial score (nSPS) is 22.0. The predicted molar refractivity (Wildman–Crippen MR) is 57.6 cm³/mol. The second-order valence-corrected chi connectivity index (χ2v) is 3.53. The summed E-state index contributed by atoms with van der Waals surface area (Å²) in [5.74, 6) is -0.0514. The number of hydrogen-bond acceptors (Lipinski definition) is 4. The lowest BCUT2D eigenvalue weighted by atomic mass is 10.1. The van der Waals surface area contributed by atoms with Gasteiger partial charge in [0.05, 0.1) is 11.4 Å². The second-order valence-electron chi connectivity index (χ2n) is 3.53. The topological polar surface area (TPSA) is 82.6 Å². The Morgan fingerprint density at radius 1 is 1.12 bits per heavy atom. The summed E-state index contributed by atoms with van der Waals surface area (Å²) in [4.78, 5) is 26.9. The van der Waals surface area contributed by atoms with Gasteiger partial charge in [-0.3, -0.25) is 15.4 Å². The first kappa shape index (κ1) is 8.90. The Balaban J connectivity index is 2.07. The Hall–Kier alpha value is -2.37. The Morgan fingerprint density at radius 3 is 2.81 bits per heavy atom. The molecular weight excluding hydrogens is 208 g/mol. The first-order chi connectivity index (χ1) is 7.74. The van der Waals surface area contributed by atoms with Crippen molar-refractivity contribution in [1.82, 2.24) is 10.6 Å². The second kappa shape index (κ2) is 3.06. The van der Waals surface area contributed by atoms with E-state index in [4.69, 9.17) is 0 Å². The number of anilines is 1. The van der Waals surface area contributed by atoms with Gasteiger partial charge in [-0.25, -0.2) is 9.79 Å². The molecule has 1 atom stereocenters. The van der Waals surface area contributed by atoms with E-state index in [-0.39, 0.29) is 0 Å². The highest BCUT2D eigenvalue weighted by molar-refractivity contribution is 6.23. The number of hydrogen-bond donors (Lipinski definition) is 3. The van der Waals surface area contributed by atoms with Crippen LogP contribution < -0.4 is 16.0 Å². The summed E-state index contributed by atoms with van der Waals surface area (Å²) in [6, 6.07) is 6.18. The van der Waals surface area contributed by atoms with E-state index in [1.54, 1.807) is 0 Å². The maximum absolute atomic E-state index is 11.5. The number of nitrogens with one attached hydrogen (secondary N) is 3. The van der Waals surface area contributed by atoms with E-state index in [1.165, 1.54) is 0 Å². The van der Waals surface area contributed by atoms with E-state index in [9.17, 15) is 9.59 Å². The highest BCUT2D eigenvalue weighted by Gasteiger charge is 2.34. The number of rotatable bonds is 0. The SMILES string of the molecule is O=C1NC(=O)C2Nc3ccccc3N=C2N1. The van der Waals surface area contributed by atoms with Crippen LogP contribution in [0.1, 0.15) is 0 Å². The van der Waals surface area contributed by atoms with Crippen molar-refractivity contribution in [3.63, 3.8) is 0 Å². The summed E-state index contributed by atoms with van der Waals surface area (Å²) in [5.41, 5.74) is 1.49. The molecule has 16 heavy (non-hydrogen) atoms. The van der Waals surface area contributed by atoms with Crippen molar-refractivity contribution in [3.8, 4) is 0 Å². The van der Waals surface area contributed by atoms with Crippen LogP contribution in [0.4, 0.5) is 16.2 Å². The molecule has 80 valence electrons. The molecule has 1 aromatic rings. The third kappa shape index (κ3) is 1.23. The van der Waals surface area contributed by atoms with Crippen LogP contribution in [-0.4, -0.2) is 23.8 Å². The average Bonchev–Trinajstić information content (AvgIpc) is 2.27. The number of amidine groups is 1. The van der Waals surface area contributed by atoms with Crippen LogP contribution in [0.15, 0.2) is 29.3 Å². The van der Waals surface area contributed by atoms with Crippen LogP contribution in [0.5, 0.6) is 0 Å². The highest BCUT2D eigenvalue weighted by Crippen LogP contribution is 2.29. The summed E-state index contributed by atoms with van der Waals surface area (Å²) in [7, 11) is 0. The zero-order chi connectivity index (χ0) is 11.1. The number of amides is 3. The van der Waals surface area contributed by atoms with Gasteiger partial charge >= 0.3 is 6.03 Å². The van der Waals surface area contributed by atoms with Crippen molar-refractivity contribution in [2.75, 3.05) is 5.32 Å². The number of carbonyl (C=O) groups is 2. The van der Waals surface area contributed by atoms with Gasteiger partial charge in [0.25, 0.3) is 5.91 Å². The number of fused-ring (bicyclic) bond motifs is 2. The summed E-state index contributed by atoms with van der Waals surface area (Å²) >= 11 is 0. The minimum atomic E-state index is -0.618. The van der Waals surface area contributed by atoms with Crippen LogP contribution in [0.3, 0.4) is 0 Å². The summed E-state index contributed by atoms with van der Waals surface area (Å²) in [6.07, 6.45) is 0. The molecule has 2 aliphatic heterocycles. The van der Waals surface area contributed by atoms with E-state index >= 15 is 0 Å². The molecule has 1 aromatic carbocycles. The van der Waals surface area contributed by atoms with Crippen molar-refractivity contribution < 1.29 is 9.59 Å². The first-order valence-corrected chi connectivity index (χ1v) is 4.80. The molecular formula is C10H8N4O2. The molecule has 6 nitrogen and oxygen atoms in total. The minimum Gasteiger partial charge on any atom is -0.366 e. The van der Waals surface area contributed by atoms with Gasteiger partial charge in [-0.2, -0.15) is 0 Å². The lowest BCUT2D eigenvalue weighted by Crippen LogP contribution is -2.61. The summed E-state index contributed by atoms with van der Waals surface area (Å²) in [6.45, 7) is 0. The molecule has 3 rings (SSSR count). The van der Waals surface area contributed by atoms with Crippen molar-refractivity contribution >= 4 is 29.1 Å². The van der Waals surface area contributed by atoms with Crippen LogP contribution in [0.25, 0.3) is 0 Å². The van der Waals surface area contributed by atoms with Gasteiger partial charge in [0.15, 0.2) is 6.04 Å². The number of nitrogens with zero attached hydrogens (tertiary/aromatic N) is 1. The zero-order valence-corrected chi connectivity index (χ0v) is 8.15. The molecule has 0 aliphatic carbocycles. The van der Waals surface area contributed by atoms with Crippen molar-refractivity contribution in [2.24, 2.45) is 4.99 Å². The summed E-state index contributed by atoms with van der Waals surface area (Å²) < 4.78 is 0. The third-order valence-electron chi connectivity index (χ3n) is 2.46. The molecule has 1 fully saturated rings. The van der Waals surface area contributed by atoms with Gasteiger partial charge in [-0.15, -0.1) is 0 Å². The lowest BCUT2D eigenvalue weighted by molar-refractivity contribution is -0.119. The predicted octanol–water partition coefficient (Wildman–Crippen LogP) is 0.350. The van der Waals surface area contributed by atoms with Crippen LogP contribution in [0.2, 0.25) is 0 Å². The van der Waals surface area contributed by atoms with Gasteiger partial charge in [0, 0.05) is 0 Å². The van der Waals surface area contributed by atoms with Crippen molar-refractivity contribution in [3.05, 3.63) is 24.3 Å². The first-order valence-electron chi connectivity index (χ1n) is 4.80. The van der Waals surface area contributed by atoms with Crippen molar-refractivity contribution in [2.45, 2.75) is 6.04 Å². The number of benzene rings is 1. The smallest absolute Gasteiger partial charge is 0.326 e. The Morgan fingerprint density at radius 2 is 1.94 bits per heavy atom. The van der Waals surface area contributed by atoms with E-state index in [2.05, 4.69) is 20.9 Å². The molecule has 6 heteroatoms. The number of urea groups is 1. The van der Waals surface area contributed by atoms with Gasteiger partial charge in [-0.05, 0) is 12.1 Å². The monoisotopic (exact) mass is 216 g/mol. The standard InChI is InChI=1S/C10H8N4O2/c15-9-7-8(13-10(16)14-9)12-6-4-2-1-3-5(6)11-7/h1-4,7,11H,(H2,12,13,14,15,16). The van der Waals surface area contributed by atoms with E-state index in [0.717, 1.165) is 5.69 Å². The maximum atomic E-state index is 11.5. The van der Waals surface area contributed by atoms with Crippen LogP contribution in [-0.2, 0) is 4.79 Å². The van der Waals surface area contributed by atoms with Gasteiger partial charge in [-0.1, -0.05) is 12.1 Å². The molecule has 3 amide bonds. The van der Waals surface area contributed by atoms with E-state index in [1.807, 2.05) is 24.3 Å². The molecule has 1 saturated heterocycles.